The van der Waals surface area contributed by atoms with Crippen LogP contribution in [0.3, 0.4) is 0 Å². The Morgan fingerprint density at radius 1 is 0.865 bits per heavy atom. The van der Waals surface area contributed by atoms with Crippen molar-refractivity contribution in [1.29, 1.82) is 0 Å². The highest BCUT2D eigenvalue weighted by Crippen LogP contribution is 2.48. The van der Waals surface area contributed by atoms with Crippen LogP contribution in [0.4, 0.5) is 0 Å². The number of benzene rings is 3. The number of nitrogens with zero attached hydrogens (tertiary/aromatic N) is 2. The van der Waals surface area contributed by atoms with Crippen LogP contribution < -0.4 is 5.56 Å². The van der Waals surface area contributed by atoms with Crippen LogP contribution in [-0.4, -0.2) is 9.55 Å². The summed E-state index contributed by atoms with van der Waals surface area (Å²) in [5.41, 5.74) is 6.82. The first-order valence-electron chi connectivity index (χ1n) is 13.3. The third-order valence-corrected chi connectivity index (χ3v) is 9.32. The van der Waals surface area contributed by atoms with Crippen molar-refractivity contribution in [3.05, 3.63) is 116 Å². The molecule has 4 aromatic rings. The number of aryl methyl sites for hydroxylation is 1. The van der Waals surface area contributed by atoms with Crippen molar-refractivity contribution in [2.75, 3.05) is 0 Å². The minimum atomic E-state index is -0.0973. The molecule has 0 unspecified atom stereocenters. The molecule has 1 fully saturated rings. The Kier molecular flexibility index (Phi) is 6.96. The van der Waals surface area contributed by atoms with Gasteiger partial charge < -0.3 is 0 Å². The fraction of sp³-hybridized carbons (Fsp3) is 0.312. The average molecular weight is 527 g/mol. The molecule has 0 amide bonds. The summed E-state index contributed by atoms with van der Waals surface area (Å²) in [5.74, 6) is 0.737. The highest BCUT2D eigenvalue weighted by atomic mass is 35.5. The van der Waals surface area contributed by atoms with Crippen LogP contribution in [0.15, 0.2) is 88.8 Å². The number of thioether (sulfide) groups is 1. The molecular weight excluding hydrogens is 496 g/mol. The fourth-order valence-electron chi connectivity index (χ4n) is 6.14. The molecule has 0 N–H and O–H groups in total. The van der Waals surface area contributed by atoms with Crippen molar-refractivity contribution in [2.45, 2.75) is 67.8 Å². The Morgan fingerprint density at radius 2 is 1.59 bits per heavy atom. The summed E-state index contributed by atoms with van der Waals surface area (Å²) in [6, 6.07) is 26.9. The molecule has 0 saturated heterocycles. The highest BCUT2D eigenvalue weighted by molar-refractivity contribution is 7.98. The van der Waals surface area contributed by atoms with Gasteiger partial charge in [-0.2, -0.15) is 0 Å². The predicted octanol–water partition coefficient (Wildman–Crippen LogP) is 7.86. The average Bonchev–Trinajstić information content (AvgIpc) is 2.93. The first-order valence-corrected chi connectivity index (χ1v) is 14.6. The summed E-state index contributed by atoms with van der Waals surface area (Å²) in [6.45, 7) is 0.629. The smallest absolute Gasteiger partial charge is 0.258 e. The quantitative estimate of drug-likeness (QED) is 0.189. The second-order valence-corrected chi connectivity index (χ2v) is 11.8. The van der Waals surface area contributed by atoms with E-state index < -0.39 is 0 Å². The van der Waals surface area contributed by atoms with Gasteiger partial charge in [0.05, 0.1) is 11.3 Å². The van der Waals surface area contributed by atoms with Crippen LogP contribution >= 0.6 is 23.4 Å². The van der Waals surface area contributed by atoms with Crippen molar-refractivity contribution in [2.24, 2.45) is 0 Å². The number of halogens is 1. The van der Waals surface area contributed by atoms with Gasteiger partial charge in [-0.25, -0.2) is 4.98 Å². The molecule has 6 rings (SSSR count). The summed E-state index contributed by atoms with van der Waals surface area (Å²) in [7, 11) is 0. The first-order chi connectivity index (χ1) is 18.1. The van der Waals surface area contributed by atoms with Gasteiger partial charge in [0, 0.05) is 28.3 Å². The molecule has 0 aliphatic heterocycles. The molecule has 0 radical (unpaired) electrons. The molecule has 0 bridgehead atoms. The summed E-state index contributed by atoms with van der Waals surface area (Å²) in [5, 5.41) is 1.53. The zero-order valence-corrected chi connectivity index (χ0v) is 22.5. The Bertz CT molecular complexity index is 1460. The Labute approximate surface area is 227 Å². The maximum Gasteiger partial charge on any atom is 0.258 e. The molecule has 1 spiro atoms. The number of hydrogen-bond acceptors (Lipinski definition) is 3. The molecule has 1 heterocycles. The topological polar surface area (TPSA) is 34.9 Å². The van der Waals surface area contributed by atoms with Gasteiger partial charge >= 0.3 is 0 Å². The number of fused-ring (bicyclic) bond motifs is 4. The highest BCUT2D eigenvalue weighted by Gasteiger charge is 2.43. The lowest BCUT2D eigenvalue weighted by Crippen LogP contribution is -2.43. The van der Waals surface area contributed by atoms with Crippen molar-refractivity contribution >= 4 is 23.4 Å². The van der Waals surface area contributed by atoms with E-state index in [9.17, 15) is 4.79 Å². The van der Waals surface area contributed by atoms with Crippen molar-refractivity contribution in [3.8, 4) is 11.3 Å². The van der Waals surface area contributed by atoms with Gasteiger partial charge in [0.1, 0.15) is 0 Å². The zero-order chi connectivity index (χ0) is 25.2. The van der Waals surface area contributed by atoms with E-state index in [-0.39, 0.29) is 11.0 Å². The second-order valence-electron chi connectivity index (χ2n) is 10.4. The number of hydrogen-bond donors (Lipinski definition) is 0. The van der Waals surface area contributed by atoms with Gasteiger partial charge in [0.25, 0.3) is 5.56 Å². The predicted molar refractivity (Wildman–Crippen MR) is 154 cm³/mol. The van der Waals surface area contributed by atoms with Gasteiger partial charge in [-0.1, -0.05) is 109 Å². The lowest BCUT2D eigenvalue weighted by Gasteiger charge is -2.42. The van der Waals surface area contributed by atoms with Gasteiger partial charge in [0.2, 0.25) is 0 Å². The summed E-state index contributed by atoms with van der Waals surface area (Å²) in [4.78, 5) is 19.8. The SMILES string of the molecule is O=c1c2c(nc(SCc3ccc(Cl)cc3)n1CCc1ccccc1)-c1ccccc1CC21CCCCC1. The largest absolute Gasteiger partial charge is 0.287 e. The molecular formula is C32H31ClN2OS. The van der Waals surface area contributed by atoms with Crippen LogP contribution in [0, 0.1) is 0 Å². The maximum absolute atomic E-state index is 14.5. The third-order valence-electron chi connectivity index (χ3n) is 8.02. The molecule has 37 heavy (non-hydrogen) atoms. The number of aromatic nitrogens is 2. The van der Waals surface area contributed by atoms with Crippen LogP contribution in [0.1, 0.15) is 54.4 Å². The Morgan fingerprint density at radius 3 is 2.38 bits per heavy atom. The van der Waals surface area contributed by atoms with E-state index >= 15 is 0 Å². The van der Waals surface area contributed by atoms with Crippen LogP contribution in [0.2, 0.25) is 5.02 Å². The molecule has 2 aliphatic rings. The molecule has 5 heteroatoms. The standard InChI is InChI=1S/C32H31ClN2OS/c33-26-15-13-24(14-16-26)22-37-31-34-29-27-12-6-5-11-25(27)21-32(18-7-2-8-19-32)28(29)30(36)35(31)20-17-23-9-3-1-4-10-23/h1,3-6,9-16H,2,7-8,17-22H2. The third kappa shape index (κ3) is 4.89. The molecule has 188 valence electrons. The van der Waals surface area contributed by atoms with E-state index in [2.05, 4.69) is 48.5 Å². The Balaban J connectivity index is 1.47. The lowest BCUT2D eigenvalue weighted by atomic mass is 9.62. The zero-order valence-electron chi connectivity index (χ0n) is 21.0. The molecule has 1 saturated carbocycles. The number of rotatable bonds is 6. The fourth-order valence-corrected chi connectivity index (χ4v) is 7.24. The minimum absolute atomic E-state index is 0.0973. The first kappa shape index (κ1) is 24.5. The van der Waals surface area contributed by atoms with Crippen LogP contribution in [0.5, 0.6) is 0 Å². The van der Waals surface area contributed by atoms with Gasteiger partial charge in [-0.05, 0) is 54.5 Å². The van der Waals surface area contributed by atoms with Gasteiger partial charge in [-0.15, -0.1) is 0 Å². The molecule has 1 aromatic heterocycles. The van der Waals surface area contributed by atoms with E-state index in [0.29, 0.717) is 6.54 Å². The Hall–Kier alpha value is -2.82. The molecule has 3 nitrogen and oxygen atoms in total. The van der Waals surface area contributed by atoms with E-state index in [1.54, 1.807) is 11.8 Å². The minimum Gasteiger partial charge on any atom is -0.287 e. The molecule has 3 aromatic carbocycles. The van der Waals surface area contributed by atoms with E-state index in [1.807, 2.05) is 34.9 Å². The summed E-state index contributed by atoms with van der Waals surface area (Å²) in [6.07, 6.45) is 7.50. The van der Waals surface area contributed by atoms with Crippen molar-refractivity contribution < 1.29 is 0 Å². The van der Waals surface area contributed by atoms with Crippen molar-refractivity contribution in [3.63, 3.8) is 0 Å². The van der Waals surface area contributed by atoms with Gasteiger partial charge in [0.15, 0.2) is 5.16 Å². The van der Waals surface area contributed by atoms with Crippen LogP contribution in [-0.2, 0) is 30.6 Å². The van der Waals surface area contributed by atoms with E-state index in [1.165, 1.54) is 36.0 Å². The summed E-state index contributed by atoms with van der Waals surface area (Å²) >= 11 is 7.75. The van der Waals surface area contributed by atoms with Gasteiger partial charge in [-0.3, -0.25) is 9.36 Å². The second kappa shape index (κ2) is 10.5. The molecule has 0 atom stereocenters. The van der Waals surface area contributed by atoms with E-state index in [4.69, 9.17) is 16.6 Å². The van der Waals surface area contributed by atoms with Crippen molar-refractivity contribution in [1.82, 2.24) is 9.55 Å². The summed E-state index contributed by atoms with van der Waals surface area (Å²) < 4.78 is 1.97. The normalized spacial score (nSPS) is 15.8. The molecule has 2 aliphatic carbocycles. The lowest BCUT2D eigenvalue weighted by molar-refractivity contribution is 0.282. The van der Waals surface area contributed by atoms with E-state index in [0.717, 1.165) is 58.4 Å². The van der Waals surface area contributed by atoms with Crippen LogP contribution in [0.25, 0.3) is 11.3 Å². The maximum atomic E-state index is 14.5. The monoisotopic (exact) mass is 526 g/mol.